The molecule has 2 amide bonds. The van der Waals surface area contributed by atoms with E-state index < -0.39 is 0 Å². The number of nitrogens with zero attached hydrogens (tertiary/aromatic N) is 2. The maximum Gasteiger partial charge on any atom is 0.248 e. The molecule has 0 spiro atoms. The minimum Gasteiger partial charge on any atom is -0.375 e. The van der Waals surface area contributed by atoms with E-state index in [9.17, 15) is 9.59 Å². The van der Waals surface area contributed by atoms with Crippen molar-refractivity contribution in [1.82, 2.24) is 9.80 Å². The van der Waals surface area contributed by atoms with E-state index in [0.717, 1.165) is 12.8 Å². The molecule has 0 aromatic carbocycles. The summed E-state index contributed by atoms with van der Waals surface area (Å²) in [5.74, 6) is 1.50. The van der Waals surface area contributed by atoms with Crippen LogP contribution in [0.5, 0.6) is 0 Å². The van der Waals surface area contributed by atoms with Gasteiger partial charge < -0.3 is 20.3 Å². The fourth-order valence-corrected chi connectivity index (χ4v) is 4.64. The van der Waals surface area contributed by atoms with Crippen LogP contribution >= 0.6 is 12.4 Å². The smallest absolute Gasteiger partial charge is 0.248 e. The lowest BCUT2D eigenvalue weighted by atomic mass is 9.65. The van der Waals surface area contributed by atoms with Crippen molar-refractivity contribution in [2.45, 2.75) is 38.1 Å². The van der Waals surface area contributed by atoms with Crippen LogP contribution in [0, 0.1) is 17.8 Å². The first kappa shape index (κ1) is 19.5. The molecule has 24 heavy (non-hydrogen) atoms. The lowest BCUT2D eigenvalue weighted by Gasteiger charge is -2.45. The fourth-order valence-electron chi connectivity index (χ4n) is 4.64. The van der Waals surface area contributed by atoms with Crippen LogP contribution in [0.4, 0.5) is 0 Å². The molecule has 2 saturated carbocycles. The predicted octanol–water partition coefficient (Wildman–Crippen LogP) is 0.879. The van der Waals surface area contributed by atoms with Crippen molar-refractivity contribution in [2.24, 2.45) is 23.5 Å². The average molecular weight is 360 g/mol. The molecule has 0 radical (unpaired) electrons. The number of nitrogens with two attached hydrogens (primary N) is 1. The number of rotatable bonds is 3. The highest BCUT2D eigenvalue weighted by atomic mass is 35.5. The fraction of sp³-hybridized carbons (Fsp3) is 0.882. The van der Waals surface area contributed by atoms with Crippen molar-refractivity contribution in [2.75, 3.05) is 39.9 Å². The summed E-state index contributed by atoms with van der Waals surface area (Å²) in [5, 5.41) is 0. The number of methoxy groups -OCH3 is 1. The van der Waals surface area contributed by atoms with Gasteiger partial charge in [0, 0.05) is 45.2 Å². The van der Waals surface area contributed by atoms with Crippen LogP contribution in [-0.2, 0) is 14.3 Å². The quantitative estimate of drug-likeness (QED) is 0.811. The van der Waals surface area contributed by atoms with Crippen LogP contribution in [0.1, 0.15) is 32.1 Å². The Bertz CT molecular complexity index is 440. The Labute approximate surface area is 150 Å². The molecule has 3 fully saturated rings. The molecule has 6 nitrogen and oxygen atoms in total. The molecule has 0 aromatic rings. The second-order valence-corrected chi connectivity index (χ2v) is 7.34. The molecule has 0 aromatic heterocycles. The maximum atomic E-state index is 12.9. The summed E-state index contributed by atoms with van der Waals surface area (Å²) in [4.78, 5) is 28.4. The molecule has 2 atom stereocenters. The Kier molecular flexibility index (Phi) is 6.89. The van der Waals surface area contributed by atoms with Crippen LogP contribution in [0.15, 0.2) is 0 Å². The first-order valence-corrected chi connectivity index (χ1v) is 8.91. The van der Waals surface area contributed by atoms with Gasteiger partial charge in [0.1, 0.15) is 6.61 Å². The Morgan fingerprint density at radius 1 is 1.04 bits per heavy atom. The largest absolute Gasteiger partial charge is 0.375 e. The Balaban J connectivity index is 0.00000208. The van der Waals surface area contributed by atoms with Gasteiger partial charge in [0.05, 0.1) is 0 Å². The van der Waals surface area contributed by atoms with E-state index in [4.69, 9.17) is 10.5 Å². The van der Waals surface area contributed by atoms with Gasteiger partial charge in [0.25, 0.3) is 0 Å². The van der Waals surface area contributed by atoms with Crippen molar-refractivity contribution in [1.29, 1.82) is 0 Å². The minimum atomic E-state index is 0. The van der Waals surface area contributed by atoms with Gasteiger partial charge in [-0.2, -0.15) is 0 Å². The summed E-state index contributed by atoms with van der Waals surface area (Å²) in [6.45, 7) is 2.65. The van der Waals surface area contributed by atoms with E-state index in [0.29, 0.717) is 44.1 Å². The Morgan fingerprint density at radius 2 is 1.58 bits per heavy atom. The zero-order valence-electron chi connectivity index (χ0n) is 14.5. The number of hydrogen-bond acceptors (Lipinski definition) is 4. The Morgan fingerprint density at radius 3 is 2.12 bits per heavy atom. The van der Waals surface area contributed by atoms with Crippen molar-refractivity contribution < 1.29 is 14.3 Å². The SMILES string of the molecule is COCC(=O)N1CCN(C(=O)C2CC3CCCC(C2)C3N)CC1.Cl. The van der Waals surface area contributed by atoms with Crippen molar-refractivity contribution in [3.05, 3.63) is 0 Å². The van der Waals surface area contributed by atoms with Gasteiger partial charge in [-0.05, 0) is 37.5 Å². The third-order valence-electron chi connectivity index (χ3n) is 5.97. The number of carbonyl (C=O) groups is 2. The molecule has 2 N–H and O–H groups in total. The van der Waals surface area contributed by atoms with Crippen LogP contribution in [0.2, 0.25) is 0 Å². The van der Waals surface area contributed by atoms with E-state index >= 15 is 0 Å². The molecule has 1 heterocycles. The normalized spacial score (nSPS) is 32.9. The number of amides is 2. The highest BCUT2D eigenvalue weighted by Gasteiger charge is 2.42. The van der Waals surface area contributed by atoms with Gasteiger partial charge >= 0.3 is 0 Å². The van der Waals surface area contributed by atoms with Crippen molar-refractivity contribution in [3.63, 3.8) is 0 Å². The highest BCUT2D eigenvalue weighted by Crippen LogP contribution is 2.42. The summed E-state index contributed by atoms with van der Waals surface area (Å²) in [5.41, 5.74) is 6.32. The van der Waals surface area contributed by atoms with Crippen LogP contribution < -0.4 is 5.73 Å². The molecule has 2 bridgehead atoms. The maximum absolute atomic E-state index is 12.9. The number of carbonyl (C=O) groups excluding carboxylic acids is 2. The molecule has 3 aliphatic rings. The van der Waals surface area contributed by atoms with E-state index in [2.05, 4.69) is 0 Å². The topological polar surface area (TPSA) is 75.9 Å². The summed E-state index contributed by atoms with van der Waals surface area (Å²) in [6, 6.07) is 0.302. The molecular weight excluding hydrogens is 330 g/mol. The molecule has 138 valence electrons. The first-order valence-electron chi connectivity index (χ1n) is 8.91. The average Bonchev–Trinajstić information content (AvgIpc) is 2.54. The second kappa shape index (κ2) is 8.50. The first-order chi connectivity index (χ1) is 11.1. The molecule has 1 aliphatic heterocycles. The van der Waals surface area contributed by atoms with Crippen LogP contribution in [0.25, 0.3) is 0 Å². The third kappa shape index (κ3) is 4.03. The lowest BCUT2D eigenvalue weighted by molar-refractivity contribution is -0.145. The highest BCUT2D eigenvalue weighted by molar-refractivity contribution is 5.85. The monoisotopic (exact) mass is 359 g/mol. The lowest BCUT2D eigenvalue weighted by Crippen LogP contribution is -2.54. The number of ether oxygens (including phenoxy) is 1. The standard InChI is InChI=1S/C17H29N3O3.ClH/c1-23-11-15(21)19-5-7-20(8-6-19)17(22)14-9-12-3-2-4-13(10-14)16(12)18;/h12-14,16H,2-11,18H2,1H3;1H. The van der Waals surface area contributed by atoms with E-state index in [1.54, 1.807) is 4.90 Å². The van der Waals surface area contributed by atoms with Gasteiger partial charge in [-0.25, -0.2) is 0 Å². The van der Waals surface area contributed by atoms with Crippen LogP contribution in [0.3, 0.4) is 0 Å². The van der Waals surface area contributed by atoms with Gasteiger partial charge in [-0.15, -0.1) is 12.4 Å². The second-order valence-electron chi connectivity index (χ2n) is 7.34. The number of fused-ring (bicyclic) bond motifs is 2. The van der Waals surface area contributed by atoms with Gasteiger partial charge in [-0.1, -0.05) is 6.42 Å². The zero-order valence-corrected chi connectivity index (χ0v) is 15.3. The summed E-state index contributed by atoms with van der Waals surface area (Å²) < 4.78 is 4.90. The summed E-state index contributed by atoms with van der Waals surface area (Å²) in [7, 11) is 1.53. The predicted molar refractivity (Wildman–Crippen MR) is 93.8 cm³/mol. The van der Waals surface area contributed by atoms with Crippen molar-refractivity contribution >= 4 is 24.2 Å². The molecule has 2 aliphatic carbocycles. The minimum absolute atomic E-state index is 0. The number of halogens is 1. The summed E-state index contributed by atoms with van der Waals surface area (Å²) in [6.07, 6.45) is 5.55. The van der Waals surface area contributed by atoms with Gasteiger partial charge in [0.15, 0.2) is 0 Å². The van der Waals surface area contributed by atoms with Crippen LogP contribution in [-0.4, -0.2) is 67.6 Å². The van der Waals surface area contributed by atoms with E-state index in [-0.39, 0.29) is 36.7 Å². The van der Waals surface area contributed by atoms with E-state index in [1.807, 2.05) is 4.90 Å². The zero-order chi connectivity index (χ0) is 16.4. The third-order valence-corrected chi connectivity index (χ3v) is 5.97. The number of piperazine rings is 1. The van der Waals surface area contributed by atoms with Crippen molar-refractivity contribution in [3.8, 4) is 0 Å². The number of hydrogen-bond donors (Lipinski definition) is 1. The summed E-state index contributed by atoms with van der Waals surface area (Å²) >= 11 is 0. The van der Waals surface area contributed by atoms with Gasteiger partial charge in [0.2, 0.25) is 11.8 Å². The molecule has 3 rings (SSSR count). The van der Waals surface area contributed by atoms with E-state index in [1.165, 1.54) is 26.4 Å². The van der Waals surface area contributed by atoms with Gasteiger partial charge in [-0.3, -0.25) is 9.59 Å². The molecule has 7 heteroatoms. The molecule has 2 unspecified atom stereocenters. The Hall–Kier alpha value is -0.850. The molecule has 1 saturated heterocycles. The molecular formula is C17H30ClN3O3.